The standard InChI is InChI=1S/C13H14Cl2N2O2S/c1-17-8-2-3-11(17)6-7-16-20(18,19)13-9-10(14)4-5-12(13)15/h2-5,8-9,16H,6-7H2,1H3. The smallest absolute Gasteiger partial charge is 0.242 e. The summed E-state index contributed by atoms with van der Waals surface area (Å²) < 4.78 is 28.8. The summed E-state index contributed by atoms with van der Waals surface area (Å²) in [6, 6.07) is 8.22. The Balaban J connectivity index is 2.08. The van der Waals surface area contributed by atoms with E-state index < -0.39 is 10.0 Å². The highest BCUT2D eigenvalue weighted by atomic mass is 35.5. The fourth-order valence-electron chi connectivity index (χ4n) is 1.83. The van der Waals surface area contributed by atoms with Gasteiger partial charge in [-0.3, -0.25) is 0 Å². The summed E-state index contributed by atoms with van der Waals surface area (Å²) in [5, 5.41) is 0.484. The van der Waals surface area contributed by atoms with E-state index in [9.17, 15) is 8.42 Å². The maximum absolute atomic E-state index is 12.2. The Labute approximate surface area is 128 Å². The van der Waals surface area contributed by atoms with Gasteiger partial charge in [-0.25, -0.2) is 13.1 Å². The highest BCUT2D eigenvalue weighted by Crippen LogP contribution is 2.24. The maximum atomic E-state index is 12.2. The van der Waals surface area contributed by atoms with E-state index in [1.54, 1.807) is 6.07 Å². The van der Waals surface area contributed by atoms with Gasteiger partial charge in [0.15, 0.2) is 0 Å². The molecule has 1 aromatic carbocycles. The molecule has 0 amide bonds. The molecule has 0 fully saturated rings. The minimum atomic E-state index is -3.66. The van der Waals surface area contributed by atoms with Gasteiger partial charge in [-0.05, 0) is 30.3 Å². The minimum absolute atomic E-state index is 0.00134. The predicted octanol–water partition coefficient (Wildman–Crippen LogP) is 2.85. The van der Waals surface area contributed by atoms with Crippen molar-refractivity contribution in [2.45, 2.75) is 11.3 Å². The first-order valence-electron chi connectivity index (χ1n) is 5.95. The Morgan fingerprint density at radius 3 is 2.65 bits per heavy atom. The van der Waals surface area contributed by atoms with Crippen LogP contribution in [-0.2, 0) is 23.5 Å². The molecule has 20 heavy (non-hydrogen) atoms. The third kappa shape index (κ3) is 3.55. The van der Waals surface area contributed by atoms with Gasteiger partial charge in [-0.2, -0.15) is 0 Å². The lowest BCUT2D eigenvalue weighted by molar-refractivity contribution is 0.580. The first kappa shape index (κ1) is 15.4. The molecule has 0 saturated carbocycles. The van der Waals surface area contributed by atoms with Crippen LogP contribution in [-0.4, -0.2) is 19.5 Å². The second-order valence-corrected chi connectivity index (χ2v) is 6.91. The van der Waals surface area contributed by atoms with Crippen LogP contribution in [0.25, 0.3) is 0 Å². The van der Waals surface area contributed by atoms with E-state index in [1.807, 2.05) is 29.9 Å². The fourth-order valence-corrected chi connectivity index (χ4v) is 3.62. The van der Waals surface area contributed by atoms with E-state index >= 15 is 0 Å². The lowest BCUT2D eigenvalue weighted by Gasteiger charge is -2.09. The molecule has 0 aliphatic rings. The quantitative estimate of drug-likeness (QED) is 0.915. The molecule has 2 aromatic rings. The molecule has 0 spiro atoms. The second kappa shape index (κ2) is 6.18. The Morgan fingerprint density at radius 2 is 2.00 bits per heavy atom. The Bertz CT molecular complexity index is 711. The average molecular weight is 333 g/mol. The monoisotopic (exact) mass is 332 g/mol. The summed E-state index contributed by atoms with van der Waals surface area (Å²) in [4.78, 5) is -0.00134. The first-order valence-corrected chi connectivity index (χ1v) is 8.19. The number of halogens is 2. The number of nitrogens with one attached hydrogen (secondary N) is 1. The van der Waals surface area contributed by atoms with Crippen molar-refractivity contribution in [3.8, 4) is 0 Å². The third-order valence-electron chi connectivity index (χ3n) is 2.91. The summed E-state index contributed by atoms with van der Waals surface area (Å²) in [5.41, 5.74) is 1.05. The van der Waals surface area contributed by atoms with Crippen molar-refractivity contribution in [2.24, 2.45) is 7.05 Å². The van der Waals surface area contributed by atoms with E-state index in [2.05, 4.69) is 4.72 Å². The van der Waals surface area contributed by atoms with Crippen LogP contribution in [0.15, 0.2) is 41.4 Å². The van der Waals surface area contributed by atoms with Crippen LogP contribution < -0.4 is 4.72 Å². The molecule has 0 unspecified atom stereocenters. The number of hydrogen-bond acceptors (Lipinski definition) is 2. The van der Waals surface area contributed by atoms with Gasteiger partial charge < -0.3 is 4.57 Å². The van der Waals surface area contributed by atoms with E-state index in [1.165, 1.54) is 12.1 Å². The van der Waals surface area contributed by atoms with Gasteiger partial charge in [0.1, 0.15) is 4.90 Å². The summed E-state index contributed by atoms with van der Waals surface area (Å²) in [6.07, 6.45) is 2.51. The van der Waals surface area contributed by atoms with Gasteiger partial charge in [0, 0.05) is 36.9 Å². The molecule has 1 heterocycles. The number of aromatic nitrogens is 1. The zero-order valence-electron chi connectivity index (χ0n) is 10.8. The summed E-state index contributed by atoms with van der Waals surface area (Å²) in [6.45, 7) is 0.295. The Morgan fingerprint density at radius 1 is 1.25 bits per heavy atom. The molecule has 0 bridgehead atoms. The van der Waals surface area contributed by atoms with Gasteiger partial charge in [0.05, 0.1) is 5.02 Å². The van der Waals surface area contributed by atoms with Crippen LogP contribution >= 0.6 is 23.2 Å². The van der Waals surface area contributed by atoms with E-state index in [-0.39, 0.29) is 9.92 Å². The molecule has 1 N–H and O–H groups in total. The van der Waals surface area contributed by atoms with Crippen molar-refractivity contribution >= 4 is 33.2 Å². The van der Waals surface area contributed by atoms with Crippen molar-refractivity contribution in [3.63, 3.8) is 0 Å². The fraction of sp³-hybridized carbons (Fsp3) is 0.231. The summed E-state index contributed by atoms with van der Waals surface area (Å²) in [7, 11) is -1.74. The topological polar surface area (TPSA) is 51.1 Å². The lowest BCUT2D eigenvalue weighted by atomic mass is 10.3. The van der Waals surface area contributed by atoms with Crippen LogP contribution in [0.2, 0.25) is 10.0 Å². The average Bonchev–Trinajstić information content (AvgIpc) is 2.78. The normalized spacial score (nSPS) is 11.8. The van der Waals surface area contributed by atoms with Crippen molar-refractivity contribution in [1.29, 1.82) is 0 Å². The number of benzene rings is 1. The predicted molar refractivity (Wildman–Crippen MR) is 80.8 cm³/mol. The van der Waals surface area contributed by atoms with Gasteiger partial charge in [-0.15, -0.1) is 0 Å². The number of hydrogen-bond donors (Lipinski definition) is 1. The largest absolute Gasteiger partial charge is 0.354 e. The minimum Gasteiger partial charge on any atom is -0.354 e. The number of nitrogens with zero attached hydrogens (tertiary/aromatic N) is 1. The number of sulfonamides is 1. The molecule has 1 aromatic heterocycles. The van der Waals surface area contributed by atoms with Crippen LogP contribution in [0.4, 0.5) is 0 Å². The van der Waals surface area contributed by atoms with Crippen molar-refractivity contribution < 1.29 is 8.42 Å². The second-order valence-electron chi connectivity index (χ2n) is 4.33. The van der Waals surface area contributed by atoms with Crippen LogP contribution in [0.3, 0.4) is 0 Å². The van der Waals surface area contributed by atoms with Crippen molar-refractivity contribution in [2.75, 3.05) is 6.54 Å². The zero-order chi connectivity index (χ0) is 14.8. The van der Waals surface area contributed by atoms with E-state index in [4.69, 9.17) is 23.2 Å². The molecule has 0 aliphatic carbocycles. The van der Waals surface area contributed by atoms with Gasteiger partial charge >= 0.3 is 0 Å². The molecule has 2 rings (SSSR count). The van der Waals surface area contributed by atoms with Gasteiger partial charge in [-0.1, -0.05) is 23.2 Å². The number of rotatable bonds is 5. The molecule has 4 nitrogen and oxygen atoms in total. The summed E-state index contributed by atoms with van der Waals surface area (Å²) in [5.74, 6) is 0. The maximum Gasteiger partial charge on any atom is 0.242 e. The third-order valence-corrected chi connectivity index (χ3v) is 5.09. The highest BCUT2D eigenvalue weighted by Gasteiger charge is 2.17. The summed E-state index contributed by atoms with van der Waals surface area (Å²) >= 11 is 11.7. The Kier molecular flexibility index (Phi) is 4.75. The van der Waals surface area contributed by atoms with Crippen LogP contribution in [0.1, 0.15) is 5.69 Å². The number of aryl methyl sites for hydroxylation is 1. The van der Waals surface area contributed by atoms with E-state index in [0.29, 0.717) is 18.0 Å². The van der Waals surface area contributed by atoms with Crippen molar-refractivity contribution in [3.05, 3.63) is 52.3 Å². The van der Waals surface area contributed by atoms with Crippen LogP contribution in [0.5, 0.6) is 0 Å². The molecular formula is C13H14Cl2N2O2S. The molecule has 0 aliphatic heterocycles. The molecule has 7 heteroatoms. The van der Waals surface area contributed by atoms with Crippen LogP contribution in [0, 0.1) is 0 Å². The lowest BCUT2D eigenvalue weighted by Crippen LogP contribution is -2.26. The first-order chi connectivity index (χ1) is 9.40. The molecule has 0 radical (unpaired) electrons. The SMILES string of the molecule is Cn1cccc1CCNS(=O)(=O)c1cc(Cl)ccc1Cl. The molecule has 0 saturated heterocycles. The van der Waals surface area contributed by atoms with Crippen molar-refractivity contribution in [1.82, 2.24) is 9.29 Å². The van der Waals surface area contributed by atoms with E-state index in [0.717, 1.165) is 5.69 Å². The highest BCUT2D eigenvalue weighted by molar-refractivity contribution is 7.89. The molecular weight excluding hydrogens is 319 g/mol. The zero-order valence-corrected chi connectivity index (χ0v) is 13.1. The molecule has 108 valence electrons. The Hall–Kier alpha value is -1.01. The van der Waals surface area contributed by atoms with Gasteiger partial charge in [0.25, 0.3) is 0 Å². The van der Waals surface area contributed by atoms with Gasteiger partial charge in [0.2, 0.25) is 10.0 Å². The molecule has 0 atom stereocenters.